The van der Waals surface area contributed by atoms with Gasteiger partial charge in [-0.3, -0.25) is 9.10 Å². The molecule has 1 atom stereocenters. The van der Waals surface area contributed by atoms with Crippen LogP contribution in [-0.4, -0.2) is 40.1 Å². The molecule has 1 amide bonds. The highest BCUT2D eigenvalue weighted by atomic mass is 35.5. The van der Waals surface area contributed by atoms with Crippen molar-refractivity contribution in [1.82, 2.24) is 5.32 Å². The van der Waals surface area contributed by atoms with Gasteiger partial charge < -0.3 is 14.8 Å². The highest BCUT2D eigenvalue weighted by molar-refractivity contribution is 7.92. The maximum absolute atomic E-state index is 13.5. The predicted molar refractivity (Wildman–Crippen MR) is 132 cm³/mol. The second-order valence-electron chi connectivity index (χ2n) is 7.70. The van der Waals surface area contributed by atoms with Crippen molar-refractivity contribution < 1.29 is 22.7 Å². The molecule has 0 spiro atoms. The van der Waals surface area contributed by atoms with Gasteiger partial charge in [-0.25, -0.2) is 8.42 Å². The van der Waals surface area contributed by atoms with E-state index in [1.807, 2.05) is 19.1 Å². The monoisotopic (exact) mass is 520 g/mol. The van der Waals surface area contributed by atoms with Crippen LogP contribution in [0.4, 0.5) is 5.69 Å². The molecule has 0 saturated carbocycles. The average molecular weight is 521 g/mol. The second kappa shape index (κ2) is 10.1. The van der Waals surface area contributed by atoms with E-state index in [4.69, 9.17) is 32.7 Å². The number of hydrogen-bond acceptors (Lipinski definition) is 5. The molecule has 1 aliphatic heterocycles. The first kappa shape index (κ1) is 24.2. The molecule has 3 aromatic carbocycles. The lowest BCUT2D eigenvalue weighted by molar-refractivity contribution is -0.120. The Balaban J connectivity index is 1.53. The number of halogens is 2. The van der Waals surface area contributed by atoms with Crippen LogP contribution in [-0.2, 0) is 14.8 Å². The van der Waals surface area contributed by atoms with Gasteiger partial charge in [0.1, 0.15) is 19.3 Å². The fraction of sp³-hybridized carbons (Fsp3) is 0.208. The van der Waals surface area contributed by atoms with Crippen LogP contribution in [0.25, 0.3) is 0 Å². The van der Waals surface area contributed by atoms with E-state index in [9.17, 15) is 13.2 Å². The van der Waals surface area contributed by atoms with Crippen LogP contribution in [0.3, 0.4) is 0 Å². The number of nitrogens with one attached hydrogen (secondary N) is 1. The molecular formula is C24H22Cl2N2O5S. The van der Waals surface area contributed by atoms with Crippen molar-refractivity contribution in [2.24, 2.45) is 0 Å². The third-order valence-electron chi connectivity index (χ3n) is 5.19. The Labute approximate surface area is 208 Å². The molecule has 0 aliphatic carbocycles. The number of para-hydroxylation sites is 2. The Hall–Kier alpha value is -2.94. The molecule has 1 N–H and O–H groups in total. The fourth-order valence-electron chi connectivity index (χ4n) is 3.40. The fourth-order valence-corrected chi connectivity index (χ4v) is 5.28. The number of rotatable bonds is 7. The van der Waals surface area contributed by atoms with Crippen molar-refractivity contribution in [3.63, 3.8) is 0 Å². The minimum Gasteiger partial charge on any atom is -0.486 e. The molecule has 1 heterocycles. The molecule has 0 aromatic heterocycles. The SMILES string of the molecule is Cc1ccc(S(=O)(=O)N(CC(=O)NC[C@H]2COc3ccccc3O2)c2cccc(Cl)c2Cl)cc1. The highest BCUT2D eigenvalue weighted by Gasteiger charge is 2.30. The Morgan fingerprint density at radius 3 is 2.47 bits per heavy atom. The van der Waals surface area contributed by atoms with Crippen molar-refractivity contribution in [3.8, 4) is 11.5 Å². The number of amides is 1. The minimum atomic E-state index is -4.11. The summed E-state index contributed by atoms with van der Waals surface area (Å²) in [5.41, 5.74) is 1.01. The van der Waals surface area contributed by atoms with E-state index in [0.717, 1.165) is 9.87 Å². The van der Waals surface area contributed by atoms with Gasteiger partial charge in [0.2, 0.25) is 5.91 Å². The molecule has 0 bridgehead atoms. The second-order valence-corrected chi connectivity index (χ2v) is 10.3. The third kappa shape index (κ3) is 5.24. The summed E-state index contributed by atoms with van der Waals surface area (Å²) in [4.78, 5) is 12.9. The van der Waals surface area contributed by atoms with E-state index in [2.05, 4.69) is 5.32 Å². The number of hydrogen-bond donors (Lipinski definition) is 1. The van der Waals surface area contributed by atoms with Crippen LogP contribution in [0.2, 0.25) is 10.0 Å². The number of benzene rings is 3. The number of aryl methyl sites for hydroxylation is 1. The average Bonchev–Trinajstić information content (AvgIpc) is 2.83. The zero-order chi connectivity index (χ0) is 24.3. The van der Waals surface area contributed by atoms with Gasteiger partial charge in [-0.1, -0.05) is 59.1 Å². The van der Waals surface area contributed by atoms with Crippen LogP contribution in [0.1, 0.15) is 5.56 Å². The molecular weight excluding hydrogens is 499 g/mol. The predicted octanol–water partition coefficient (Wildman–Crippen LogP) is 4.45. The first-order chi connectivity index (χ1) is 16.3. The van der Waals surface area contributed by atoms with Crippen LogP contribution in [0, 0.1) is 6.92 Å². The summed E-state index contributed by atoms with van der Waals surface area (Å²) in [5.74, 6) is 0.688. The number of anilines is 1. The number of sulfonamides is 1. The highest BCUT2D eigenvalue weighted by Crippen LogP contribution is 2.35. The lowest BCUT2D eigenvalue weighted by Crippen LogP contribution is -2.45. The quantitative estimate of drug-likeness (QED) is 0.497. The first-order valence-corrected chi connectivity index (χ1v) is 12.6. The number of ether oxygens (including phenoxy) is 2. The van der Waals surface area contributed by atoms with Gasteiger partial charge in [-0.05, 0) is 43.3 Å². The van der Waals surface area contributed by atoms with Gasteiger partial charge >= 0.3 is 0 Å². The van der Waals surface area contributed by atoms with Crippen LogP contribution in [0.15, 0.2) is 71.6 Å². The number of carbonyl (C=O) groups is 1. The van der Waals surface area contributed by atoms with Gasteiger partial charge in [0.15, 0.2) is 11.5 Å². The van der Waals surface area contributed by atoms with Crippen molar-refractivity contribution in [1.29, 1.82) is 0 Å². The molecule has 4 rings (SSSR count). The van der Waals surface area contributed by atoms with Crippen LogP contribution < -0.4 is 19.1 Å². The largest absolute Gasteiger partial charge is 0.486 e. The summed E-state index contributed by atoms with van der Waals surface area (Å²) in [6.07, 6.45) is -0.421. The van der Waals surface area contributed by atoms with Crippen molar-refractivity contribution in [2.45, 2.75) is 17.9 Å². The van der Waals surface area contributed by atoms with E-state index >= 15 is 0 Å². The lowest BCUT2D eigenvalue weighted by atomic mass is 10.2. The Bertz CT molecular complexity index is 1300. The Morgan fingerprint density at radius 2 is 1.74 bits per heavy atom. The van der Waals surface area contributed by atoms with E-state index < -0.39 is 28.6 Å². The summed E-state index contributed by atoms with van der Waals surface area (Å²) in [5, 5.41) is 2.94. The van der Waals surface area contributed by atoms with E-state index in [1.165, 1.54) is 18.2 Å². The van der Waals surface area contributed by atoms with Crippen LogP contribution >= 0.6 is 23.2 Å². The third-order valence-corrected chi connectivity index (χ3v) is 7.77. The first-order valence-electron chi connectivity index (χ1n) is 10.4. The molecule has 0 radical (unpaired) electrons. The van der Waals surface area contributed by atoms with Crippen molar-refractivity contribution >= 4 is 44.8 Å². The van der Waals surface area contributed by atoms with E-state index in [-0.39, 0.29) is 33.8 Å². The van der Waals surface area contributed by atoms with E-state index in [1.54, 1.807) is 36.4 Å². The van der Waals surface area contributed by atoms with Gasteiger partial charge in [0.05, 0.1) is 27.2 Å². The molecule has 1 aliphatic rings. The Kier molecular flexibility index (Phi) is 7.21. The van der Waals surface area contributed by atoms with Crippen molar-refractivity contribution in [3.05, 3.63) is 82.3 Å². The molecule has 10 heteroatoms. The number of fused-ring (bicyclic) bond motifs is 1. The van der Waals surface area contributed by atoms with Gasteiger partial charge in [0.25, 0.3) is 10.0 Å². The summed E-state index contributed by atoms with van der Waals surface area (Å²) < 4.78 is 39.4. The number of carbonyl (C=O) groups excluding carboxylic acids is 1. The molecule has 0 unspecified atom stereocenters. The summed E-state index contributed by atoms with van der Waals surface area (Å²) >= 11 is 12.5. The molecule has 0 saturated heterocycles. The van der Waals surface area contributed by atoms with Crippen molar-refractivity contribution in [2.75, 3.05) is 24.0 Å². The topological polar surface area (TPSA) is 84.9 Å². The van der Waals surface area contributed by atoms with Gasteiger partial charge in [0, 0.05) is 0 Å². The zero-order valence-electron chi connectivity index (χ0n) is 18.2. The molecule has 0 fully saturated rings. The standard InChI is InChI=1S/C24H22Cl2N2O5S/c1-16-9-11-18(12-10-16)34(30,31)28(20-6-4-5-19(25)24(20)26)14-23(29)27-13-17-15-32-21-7-2-3-8-22(21)33-17/h2-12,17H,13-15H2,1H3,(H,27,29)/t17-/m0/s1. The lowest BCUT2D eigenvalue weighted by Gasteiger charge is -2.28. The molecule has 3 aromatic rings. The number of nitrogens with zero attached hydrogens (tertiary/aromatic N) is 1. The summed E-state index contributed by atoms with van der Waals surface area (Å²) in [6, 6.07) is 18.2. The van der Waals surface area contributed by atoms with Gasteiger partial charge in [-0.2, -0.15) is 0 Å². The maximum Gasteiger partial charge on any atom is 0.264 e. The normalized spacial score (nSPS) is 15.0. The van der Waals surface area contributed by atoms with Gasteiger partial charge in [-0.15, -0.1) is 0 Å². The molecule has 7 nitrogen and oxygen atoms in total. The van der Waals surface area contributed by atoms with Crippen LogP contribution in [0.5, 0.6) is 11.5 Å². The minimum absolute atomic E-state index is 0.0302. The molecule has 34 heavy (non-hydrogen) atoms. The molecule has 178 valence electrons. The Morgan fingerprint density at radius 1 is 1.03 bits per heavy atom. The zero-order valence-corrected chi connectivity index (χ0v) is 20.5. The summed E-state index contributed by atoms with van der Waals surface area (Å²) in [7, 11) is -4.11. The maximum atomic E-state index is 13.5. The van der Waals surface area contributed by atoms with E-state index in [0.29, 0.717) is 11.5 Å². The smallest absolute Gasteiger partial charge is 0.264 e. The summed E-state index contributed by atoms with van der Waals surface area (Å²) in [6.45, 7) is 1.74.